The molecule has 1 atom stereocenters. The lowest BCUT2D eigenvalue weighted by Crippen LogP contribution is -2.13. The van der Waals surface area contributed by atoms with E-state index in [0.717, 1.165) is 12.1 Å². The van der Waals surface area contributed by atoms with Crippen LogP contribution in [0.1, 0.15) is 17.2 Å². The Hall–Kier alpha value is -2.08. The Bertz CT molecular complexity index is 595. The summed E-state index contributed by atoms with van der Waals surface area (Å²) < 4.78 is 50.6. The maximum absolute atomic E-state index is 13.4. The zero-order valence-electron chi connectivity index (χ0n) is 10.9. The van der Waals surface area contributed by atoms with Gasteiger partial charge in [-0.3, -0.25) is 0 Å². The van der Waals surface area contributed by atoms with Crippen molar-refractivity contribution in [3.05, 3.63) is 65.5 Å². The van der Waals surface area contributed by atoms with Crippen molar-refractivity contribution in [3.63, 3.8) is 0 Å². The lowest BCUT2D eigenvalue weighted by Gasteiger charge is -2.14. The third kappa shape index (κ3) is 3.95. The first-order valence-corrected chi connectivity index (χ1v) is 6.21. The monoisotopic (exact) mass is 299 g/mol. The first kappa shape index (κ1) is 15.3. The molecule has 112 valence electrons. The summed E-state index contributed by atoms with van der Waals surface area (Å²) in [7, 11) is 0. The lowest BCUT2D eigenvalue weighted by molar-refractivity contribution is -0.137. The predicted molar refractivity (Wildman–Crippen MR) is 71.3 cm³/mol. The van der Waals surface area contributed by atoms with E-state index in [-0.39, 0.29) is 12.1 Å². The highest BCUT2D eigenvalue weighted by Crippen LogP contribution is 2.30. The van der Waals surface area contributed by atoms with Crippen molar-refractivity contribution in [2.45, 2.75) is 12.3 Å². The van der Waals surface area contributed by atoms with E-state index in [1.807, 2.05) is 0 Å². The number of benzene rings is 2. The van der Waals surface area contributed by atoms with E-state index in [4.69, 9.17) is 0 Å². The molecule has 0 aromatic heterocycles. The minimum atomic E-state index is -4.38. The van der Waals surface area contributed by atoms with Crippen LogP contribution in [0.15, 0.2) is 48.5 Å². The van der Waals surface area contributed by atoms with Crippen LogP contribution in [0.4, 0.5) is 23.2 Å². The highest BCUT2D eigenvalue weighted by Gasteiger charge is 2.29. The molecule has 0 radical (unpaired) electrons. The van der Waals surface area contributed by atoms with Gasteiger partial charge < -0.3 is 10.4 Å². The summed E-state index contributed by atoms with van der Waals surface area (Å²) in [6.07, 6.45) is -5.47. The molecule has 0 saturated carbocycles. The van der Waals surface area contributed by atoms with Crippen molar-refractivity contribution in [3.8, 4) is 0 Å². The molecule has 0 aliphatic rings. The van der Waals surface area contributed by atoms with Crippen molar-refractivity contribution in [2.75, 3.05) is 11.9 Å². The zero-order chi connectivity index (χ0) is 15.5. The quantitative estimate of drug-likeness (QED) is 0.837. The summed E-state index contributed by atoms with van der Waals surface area (Å²) in [5.74, 6) is -0.529. The summed E-state index contributed by atoms with van der Waals surface area (Å²) >= 11 is 0. The third-order valence-electron chi connectivity index (χ3n) is 2.98. The summed E-state index contributed by atoms with van der Waals surface area (Å²) in [4.78, 5) is 0. The van der Waals surface area contributed by atoms with Crippen molar-refractivity contribution in [1.82, 2.24) is 0 Å². The minimum Gasteiger partial charge on any atom is -0.386 e. The fraction of sp³-hybridized carbons (Fsp3) is 0.200. The van der Waals surface area contributed by atoms with Gasteiger partial charge in [0.1, 0.15) is 5.82 Å². The van der Waals surface area contributed by atoms with Crippen LogP contribution in [0.3, 0.4) is 0 Å². The molecule has 0 aliphatic carbocycles. The number of alkyl halides is 3. The largest absolute Gasteiger partial charge is 0.416 e. The average molecular weight is 299 g/mol. The first-order chi connectivity index (χ1) is 9.88. The Morgan fingerprint density at radius 1 is 1.00 bits per heavy atom. The summed E-state index contributed by atoms with van der Waals surface area (Å²) in [6, 6.07) is 10.2. The number of aliphatic hydroxyl groups is 1. The van der Waals surface area contributed by atoms with E-state index in [2.05, 4.69) is 5.32 Å². The van der Waals surface area contributed by atoms with Crippen LogP contribution >= 0.6 is 0 Å². The van der Waals surface area contributed by atoms with Crippen LogP contribution in [0.5, 0.6) is 0 Å². The number of nitrogens with one attached hydrogen (secondary N) is 1. The van der Waals surface area contributed by atoms with Gasteiger partial charge in [0.2, 0.25) is 0 Å². The molecule has 0 fully saturated rings. The molecule has 2 N–H and O–H groups in total. The second-order valence-corrected chi connectivity index (χ2v) is 4.49. The fourth-order valence-corrected chi connectivity index (χ4v) is 1.85. The van der Waals surface area contributed by atoms with Gasteiger partial charge in [-0.1, -0.05) is 18.2 Å². The highest BCUT2D eigenvalue weighted by molar-refractivity contribution is 5.45. The molecule has 0 saturated heterocycles. The van der Waals surface area contributed by atoms with E-state index in [1.54, 1.807) is 6.07 Å². The number of anilines is 1. The minimum absolute atomic E-state index is 0.00764. The van der Waals surface area contributed by atoms with E-state index < -0.39 is 23.7 Å². The molecule has 21 heavy (non-hydrogen) atoms. The van der Waals surface area contributed by atoms with E-state index in [0.29, 0.717) is 5.69 Å². The number of rotatable bonds is 4. The van der Waals surface area contributed by atoms with Crippen LogP contribution < -0.4 is 5.32 Å². The molecular weight excluding hydrogens is 286 g/mol. The Morgan fingerprint density at radius 2 is 1.62 bits per heavy atom. The van der Waals surface area contributed by atoms with Crippen LogP contribution in [0.2, 0.25) is 0 Å². The summed E-state index contributed by atoms with van der Waals surface area (Å²) in [6.45, 7) is -0.00764. The SMILES string of the molecule is OC(CNc1ccc(C(F)(F)F)cc1)c1ccccc1F. The Kier molecular flexibility index (Phi) is 4.47. The van der Waals surface area contributed by atoms with Crippen molar-refractivity contribution in [2.24, 2.45) is 0 Å². The van der Waals surface area contributed by atoms with Gasteiger partial charge in [0.05, 0.1) is 11.7 Å². The second-order valence-electron chi connectivity index (χ2n) is 4.49. The maximum atomic E-state index is 13.4. The van der Waals surface area contributed by atoms with Crippen LogP contribution in [-0.2, 0) is 6.18 Å². The van der Waals surface area contributed by atoms with Gasteiger partial charge in [-0.15, -0.1) is 0 Å². The Balaban J connectivity index is 1.99. The Labute approximate surface area is 119 Å². The van der Waals surface area contributed by atoms with Crippen LogP contribution in [0, 0.1) is 5.82 Å². The third-order valence-corrected chi connectivity index (χ3v) is 2.98. The molecule has 0 amide bonds. The standard InChI is InChI=1S/C15H13F4NO/c16-13-4-2-1-3-12(13)14(21)9-20-11-7-5-10(6-8-11)15(17,18)19/h1-8,14,20-21H,9H2. The van der Waals surface area contributed by atoms with Crippen molar-refractivity contribution >= 4 is 5.69 Å². The molecule has 0 aliphatic heterocycles. The summed E-state index contributed by atoms with van der Waals surface area (Å²) in [5, 5.41) is 12.6. The topological polar surface area (TPSA) is 32.3 Å². The van der Waals surface area contributed by atoms with Crippen molar-refractivity contribution in [1.29, 1.82) is 0 Å². The molecule has 2 aromatic carbocycles. The molecule has 0 heterocycles. The lowest BCUT2D eigenvalue weighted by atomic mass is 10.1. The van der Waals surface area contributed by atoms with Crippen LogP contribution in [-0.4, -0.2) is 11.7 Å². The van der Waals surface area contributed by atoms with Gasteiger partial charge in [0, 0.05) is 17.8 Å². The molecule has 0 spiro atoms. The van der Waals surface area contributed by atoms with E-state index in [1.165, 1.54) is 30.3 Å². The first-order valence-electron chi connectivity index (χ1n) is 6.21. The van der Waals surface area contributed by atoms with Crippen molar-refractivity contribution < 1.29 is 22.7 Å². The molecule has 2 rings (SSSR count). The molecule has 2 aromatic rings. The zero-order valence-corrected chi connectivity index (χ0v) is 10.9. The van der Waals surface area contributed by atoms with Crippen LogP contribution in [0.25, 0.3) is 0 Å². The molecular formula is C15H13F4NO. The number of hydrogen-bond donors (Lipinski definition) is 2. The van der Waals surface area contributed by atoms with Gasteiger partial charge in [-0.25, -0.2) is 4.39 Å². The molecule has 2 nitrogen and oxygen atoms in total. The van der Waals surface area contributed by atoms with Gasteiger partial charge >= 0.3 is 6.18 Å². The van der Waals surface area contributed by atoms with E-state index in [9.17, 15) is 22.7 Å². The van der Waals surface area contributed by atoms with Gasteiger partial charge in [-0.05, 0) is 30.3 Å². The van der Waals surface area contributed by atoms with Gasteiger partial charge in [0.15, 0.2) is 0 Å². The van der Waals surface area contributed by atoms with Gasteiger partial charge in [-0.2, -0.15) is 13.2 Å². The second kappa shape index (κ2) is 6.13. The normalized spacial score (nSPS) is 13.0. The number of hydrogen-bond acceptors (Lipinski definition) is 2. The highest BCUT2D eigenvalue weighted by atomic mass is 19.4. The fourth-order valence-electron chi connectivity index (χ4n) is 1.85. The Morgan fingerprint density at radius 3 is 2.19 bits per heavy atom. The van der Waals surface area contributed by atoms with Gasteiger partial charge in [0.25, 0.3) is 0 Å². The predicted octanol–water partition coefficient (Wildman–Crippen LogP) is 3.99. The smallest absolute Gasteiger partial charge is 0.386 e. The summed E-state index contributed by atoms with van der Waals surface area (Å²) in [5.41, 5.74) is -0.196. The number of halogens is 4. The number of aliphatic hydroxyl groups excluding tert-OH is 1. The maximum Gasteiger partial charge on any atom is 0.416 e. The average Bonchev–Trinajstić information content (AvgIpc) is 2.45. The molecule has 1 unspecified atom stereocenters. The molecule has 0 bridgehead atoms. The molecule has 6 heteroatoms. The van der Waals surface area contributed by atoms with E-state index >= 15 is 0 Å².